The molecule has 3 aromatic rings. The molecule has 0 aliphatic carbocycles. The van der Waals surface area contributed by atoms with Gasteiger partial charge in [0.05, 0.1) is 5.52 Å². The third-order valence-electron chi connectivity index (χ3n) is 3.42. The molecule has 1 aromatic carbocycles. The minimum atomic E-state index is -0.359. The van der Waals surface area contributed by atoms with Gasteiger partial charge in [0.25, 0.3) is 0 Å². The van der Waals surface area contributed by atoms with Crippen molar-refractivity contribution < 1.29 is 9.32 Å². The van der Waals surface area contributed by atoms with Crippen molar-refractivity contribution in [3.63, 3.8) is 0 Å². The highest BCUT2D eigenvalue weighted by atomic mass is 16.5. The van der Waals surface area contributed by atoms with E-state index in [0.29, 0.717) is 18.3 Å². The first-order valence-electron chi connectivity index (χ1n) is 7.30. The van der Waals surface area contributed by atoms with Crippen molar-refractivity contribution in [2.45, 2.75) is 26.4 Å². The maximum atomic E-state index is 12.0. The van der Waals surface area contributed by atoms with Crippen LogP contribution < -0.4 is 10.6 Å². The van der Waals surface area contributed by atoms with Crippen LogP contribution >= 0.6 is 0 Å². The van der Waals surface area contributed by atoms with Crippen LogP contribution in [0.3, 0.4) is 0 Å². The summed E-state index contributed by atoms with van der Waals surface area (Å²) >= 11 is 0. The van der Waals surface area contributed by atoms with E-state index in [1.54, 1.807) is 20.0 Å². The van der Waals surface area contributed by atoms with Gasteiger partial charge in [-0.05, 0) is 25.5 Å². The molecule has 7 nitrogen and oxygen atoms in total. The van der Waals surface area contributed by atoms with Crippen LogP contribution in [0.4, 0.5) is 4.79 Å². The molecule has 0 fully saturated rings. The highest BCUT2D eigenvalue weighted by molar-refractivity contribution is 5.82. The van der Waals surface area contributed by atoms with E-state index in [-0.39, 0.29) is 12.1 Å². The number of aromatic nitrogens is 3. The number of fused-ring (bicyclic) bond motifs is 1. The Kier molecular flexibility index (Phi) is 4.18. The number of carbonyl (C=O) groups is 1. The second-order valence-electron chi connectivity index (χ2n) is 5.22. The van der Waals surface area contributed by atoms with Gasteiger partial charge in [-0.25, -0.2) is 4.79 Å². The zero-order valence-corrected chi connectivity index (χ0v) is 12.9. The van der Waals surface area contributed by atoms with Crippen molar-refractivity contribution in [2.24, 2.45) is 0 Å². The molecule has 7 heteroatoms. The number of carbonyl (C=O) groups excluding carboxylic acids is 1. The van der Waals surface area contributed by atoms with Gasteiger partial charge < -0.3 is 15.2 Å². The Balaban J connectivity index is 1.62. The zero-order chi connectivity index (χ0) is 16.2. The molecule has 2 N–H and O–H groups in total. The summed E-state index contributed by atoms with van der Waals surface area (Å²) < 4.78 is 5.03. The number of hydrogen-bond donors (Lipinski definition) is 2. The largest absolute Gasteiger partial charge is 0.337 e. The van der Waals surface area contributed by atoms with E-state index in [1.807, 2.05) is 30.3 Å². The van der Waals surface area contributed by atoms with E-state index >= 15 is 0 Å². The highest BCUT2D eigenvalue weighted by Gasteiger charge is 2.15. The molecule has 23 heavy (non-hydrogen) atoms. The summed E-state index contributed by atoms with van der Waals surface area (Å²) in [5.41, 5.74) is 1.84. The van der Waals surface area contributed by atoms with Crippen molar-refractivity contribution in [2.75, 3.05) is 0 Å². The Bertz CT molecular complexity index is 825. The topological polar surface area (TPSA) is 92.9 Å². The maximum absolute atomic E-state index is 12.0. The molecule has 0 radical (unpaired) electrons. The van der Waals surface area contributed by atoms with E-state index < -0.39 is 0 Å². The molecule has 0 aliphatic heterocycles. The lowest BCUT2D eigenvalue weighted by Crippen LogP contribution is -2.36. The standard InChI is InChI=1S/C16H17N5O2/c1-10(15-20-11(2)21-23-15)19-16(22)18-9-13-6-3-5-12-7-4-8-17-14(12)13/h3-8,10H,9H2,1-2H3,(H2,18,19,22). The van der Waals surface area contributed by atoms with Crippen LogP contribution in [0.1, 0.15) is 30.2 Å². The fourth-order valence-corrected chi connectivity index (χ4v) is 2.28. The molecule has 2 amide bonds. The summed E-state index contributed by atoms with van der Waals surface area (Å²) in [5.74, 6) is 0.917. The Morgan fingerprint density at radius 1 is 1.30 bits per heavy atom. The summed E-state index contributed by atoms with van der Waals surface area (Å²) in [5, 5.41) is 10.3. The van der Waals surface area contributed by atoms with E-state index in [9.17, 15) is 4.79 Å². The van der Waals surface area contributed by atoms with Gasteiger partial charge >= 0.3 is 6.03 Å². The minimum Gasteiger partial charge on any atom is -0.337 e. The molecular formula is C16H17N5O2. The number of amides is 2. The molecule has 0 saturated heterocycles. The number of pyridine rings is 1. The summed E-state index contributed by atoms with van der Waals surface area (Å²) in [4.78, 5) is 20.5. The molecule has 3 rings (SSSR count). The van der Waals surface area contributed by atoms with E-state index in [2.05, 4.69) is 25.8 Å². The molecule has 2 heterocycles. The van der Waals surface area contributed by atoms with Crippen molar-refractivity contribution in [1.29, 1.82) is 0 Å². The molecule has 0 spiro atoms. The van der Waals surface area contributed by atoms with Gasteiger partial charge in [0.1, 0.15) is 6.04 Å². The average molecular weight is 311 g/mol. The molecule has 1 atom stereocenters. The quantitative estimate of drug-likeness (QED) is 0.772. The molecule has 0 aliphatic rings. The van der Waals surface area contributed by atoms with Crippen molar-refractivity contribution in [1.82, 2.24) is 25.8 Å². The number of hydrogen-bond acceptors (Lipinski definition) is 5. The number of rotatable bonds is 4. The Morgan fingerprint density at radius 3 is 2.91 bits per heavy atom. The van der Waals surface area contributed by atoms with E-state index in [4.69, 9.17) is 4.52 Å². The lowest BCUT2D eigenvalue weighted by Gasteiger charge is -2.12. The monoisotopic (exact) mass is 311 g/mol. The van der Waals surface area contributed by atoms with Crippen LogP contribution in [0, 0.1) is 6.92 Å². The third kappa shape index (κ3) is 3.45. The Labute approximate surface area is 133 Å². The number of para-hydroxylation sites is 1. The van der Waals surface area contributed by atoms with Crippen LogP contribution in [0.2, 0.25) is 0 Å². The average Bonchev–Trinajstić information content (AvgIpc) is 2.99. The fraction of sp³-hybridized carbons (Fsp3) is 0.250. The summed E-state index contributed by atoms with van der Waals surface area (Å²) in [6, 6.07) is 9.10. The van der Waals surface area contributed by atoms with Crippen molar-refractivity contribution in [3.8, 4) is 0 Å². The Hall–Kier alpha value is -2.96. The van der Waals surface area contributed by atoms with Crippen molar-refractivity contribution in [3.05, 3.63) is 53.8 Å². The number of benzene rings is 1. The minimum absolute atomic E-state index is 0.304. The summed E-state index contributed by atoms with van der Waals surface area (Å²) in [6.07, 6.45) is 1.74. The molecule has 0 bridgehead atoms. The second kappa shape index (κ2) is 6.43. The number of aryl methyl sites for hydroxylation is 1. The van der Waals surface area contributed by atoms with E-state index in [0.717, 1.165) is 16.5 Å². The predicted octanol–water partition coefficient (Wildman–Crippen LogP) is 2.49. The van der Waals surface area contributed by atoms with Crippen LogP contribution in [0.15, 0.2) is 41.1 Å². The first-order chi connectivity index (χ1) is 11.1. The summed E-state index contributed by atoms with van der Waals surface area (Å²) in [7, 11) is 0. The smallest absolute Gasteiger partial charge is 0.315 e. The number of urea groups is 1. The fourth-order valence-electron chi connectivity index (χ4n) is 2.28. The molecule has 2 aromatic heterocycles. The van der Waals surface area contributed by atoms with Gasteiger partial charge in [0.2, 0.25) is 5.89 Å². The van der Waals surface area contributed by atoms with Crippen LogP contribution in [0.5, 0.6) is 0 Å². The number of nitrogens with one attached hydrogen (secondary N) is 2. The highest BCUT2D eigenvalue weighted by Crippen LogP contribution is 2.15. The lowest BCUT2D eigenvalue weighted by atomic mass is 10.1. The van der Waals surface area contributed by atoms with Crippen LogP contribution in [-0.4, -0.2) is 21.2 Å². The SMILES string of the molecule is Cc1noc(C(C)NC(=O)NCc2cccc3cccnc23)n1. The van der Waals surface area contributed by atoms with Crippen LogP contribution in [-0.2, 0) is 6.54 Å². The molecule has 0 saturated carbocycles. The molecule has 118 valence electrons. The number of nitrogens with zero attached hydrogens (tertiary/aromatic N) is 3. The van der Waals surface area contributed by atoms with Gasteiger partial charge in [-0.3, -0.25) is 4.98 Å². The lowest BCUT2D eigenvalue weighted by molar-refractivity contribution is 0.233. The second-order valence-corrected chi connectivity index (χ2v) is 5.22. The van der Waals surface area contributed by atoms with Gasteiger partial charge in [0, 0.05) is 18.1 Å². The first kappa shape index (κ1) is 15.0. The first-order valence-corrected chi connectivity index (χ1v) is 7.30. The zero-order valence-electron chi connectivity index (χ0n) is 12.9. The third-order valence-corrected chi connectivity index (χ3v) is 3.42. The Morgan fingerprint density at radius 2 is 2.13 bits per heavy atom. The van der Waals surface area contributed by atoms with Gasteiger partial charge in [-0.15, -0.1) is 0 Å². The van der Waals surface area contributed by atoms with Crippen molar-refractivity contribution >= 4 is 16.9 Å². The van der Waals surface area contributed by atoms with Gasteiger partial charge in [-0.1, -0.05) is 29.4 Å². The van der Waals surface area contributed by atoms with E-state index in [1.165, 1.54) is 0 Å². The molecular weight excluding hydrogens is 294 g/mol. The predicted molar refractivity (Wildman–Crippen MR) is 84.6 cm³/mol. The normalized spacial score (nSPS) is 12.1. The maximum Gasteiger partial charge on any atom is 0.315 e. The van der Waals surface area contributed by atoms with Gasteiger partial charge in [-0.2, -0.15) is 4.98 Å². The van der Waals surface area contributed by atoms with Crippen LogP contribution in [0.25, 0.3) is 10.9 Å². The van der Waals surface area contributed by atoms with Gasteiger partial charge in [0.15, 0.2) is 5.82 Å². The molecule has 1 unspecified atom stereocenters. The summed E-state index contributed by atoms with van der Waals surface area (Å²) in [6.45, 7) is 3.90.